The quantitative estimate of drug-likeness (QED) is 0.788. The summed E-state index contributed by atoms with van der Waals surface area (Å²) < 4.78 is 0. The smallest absolute Gasteiger partial charge is 0.0350 e. The molecule has 2 aromatic carbocycles. The topological polar surface area (TPSA) is 12.0 Å². The Balaban J connectivity index is 2.31. The summed E-state index contributed by atoms with van der Waals surface area (Å²) in [6.07, 6.45) is 2.27. The van der Waals surface area contributed by atoms with Crippen LogP contribution in [0.3, 0.4) is 0 Å². The zero-order chi connectivity index (χ0) is 12.3. The van der Waals surface area contributed by atoms with E-state index < -0.39 is 0 Å². The van der Waals surface area contributed by atoms with Gasteiger partial charge in [-0.1, -0.05) is 44.2 Å². The molecule has 0 atom stereocenters. The van der Waals surface area contributed by atoms with E-state index in [1.54, 1.807) is 0 Å². The van der Waals surface area contributed by atoms with E-state index in [1.807, 2.05) is 0 Å². The molecule has 17 heavy (non-hydrogen) atoms. The van der Waals surface area contributed by atoms with Gasteiger partial charge in [0.05, 0.1) is 0 Å². The van der Waals surface area contributed by atoms with E-state index in [-0.39, 0.29) is 5.54 Å². The van der Waals surface area contributed by atoms with Crippen molar-refractivity contribution in [3.63, 3.8) is 0 Å². The van der Waals surface area contributed by atoms with Crippen LogP contribution >= 0.6 is 0 Å². The molecule has 0 radical (unpaired) electrons. The fourth-order valence-corrected chi connectivity index (χ4v) is 2.04. The van der Waals surface area contributed by atoms with Crippen LogP contribution in [0.5, 0.6) is 0 Å². The van der Waals surface area contributed by atoms with Crippen LogP contribution in [0.2, 0.25) is 0 Å². The molecule has 0 bridgehead atoms. The molecule has 0 aliphatic heterocycles. The second-order valence-electron chi connectivity index (χ2n) is 4.95. The van der Waals surface area contributed by atoms with Crippen LogP contribution in [0, 0.1) is 0 Å². The van der Waals surface area contributed by atoms with E-state index >= 15 is 0 Å². The predicted molar refractivity (Wildman–Crippen MR) is 76.6 cm³/mol. The minimum atomic E-state index is 0.197. The van der Waals surface area contributed by atoms with Crippen LogP contribution < -0.4 is 5.32 Å². The third-order valence-corrected chi connectivity index (χ3v) is 3.76. The second-order valence-corrected chi connectivity index (χ2v) is 4.95. The van der Waals surface area contributed by atoms with E-state index in [2.05, 4.69) is 68.6 Å². The summed E-state index contributed by atoms with van der Waals surface area (Å²) >= 11 is 0. The summed E-state index contributed by atoms with van der Waals surface area (Å²) in [7, 11) is 0. The number of fused-ring (bicyclic) bond motifs is 1. The fourth-order valence-electron chi connectivity index (χ4n) is 2.04. The SMILES string of the molecule is CCC(C)(CC)Nc1ccc2ccccc2c1. The van der Waals surface area contributed by atoms with Gasteiger partial charge in [0.1, 0.15) is 0 Å². The third-order valence-electron chi connectivity index (χ3n) is 3.76. The van der Waals surface area contributed by atoms with E-state index in [9.17, 15) is 0 Å². The molecule has 0 spiro atoms. The Morgan fingerprint density at radius 2 is 1.59 bits per heavy atom. The van der Waals surface area contributed by atoms with Crippen molar-refractivity contribution in [1.82, 2.24) is 0 Å². The lowest BCUT2D eigenvalue weighted by Crippen LogP contribution is -2.32. The molecule has 0 heterocycles. The highest BCUT2D eigenvalue weighted by Gasteiger charge is 2.18. The van der Waals surface area contributed by atoms with Crippen LogP contribution in [-0.2, 0) is 0 Å². The van der Waals surface area contributed by atoms with Crippen LogP contribution in [0.1, 0.15) is 33.6 Å². The molecule has 1 heteroatoms. The number of hydrogen-bond acceptors (Lipinski definition) is 1. The second kappa shape index (κ2) is 4.79. The third kappa shape index (κ3) is 2.60. The number of benzene rings is 2. The Morgan fingerprint density at radius 3 is 2.24 bits per heavy atom. The number of nitrogens with one attached hydrogen (secondary N) is 1. The molecule has 0 saturated carbocycles. The fraction of sp³-hybridized carbons (Fsp3) is 0.375. The van der Waals surface area contributed by atoms with Gasteiger partial charge < -0.3 is 5.32 Å². The normalized spacial score (nSPS) is 11.7. The van der Waals surface area contributed by atoms with Crippen molar-refractivity contribution >= 4 is 16.5 Å². The maximum absolute atomic E-state index is 3.65. The van der Waals surface area contributed by atoms with Gasteiger partial charge >= 0.3 is 0 Å². The molecule has 90 valence electrons. The molecule has 1 nitrogen and oxygen atoms in total. The lowest BCUT2D eigenvalue weighted by molar-refractivity contribution is 0.478. The van der Waals surface area contributed by atoms with Crippen molar-refractivity contribution < 1.29 is 0 Å². The van der Waals surface area contributed by atoms with E-state index in [1.165, 1.54) is 16.5 Å². The summed E-state index contributed by atoms with van der Waals surface area (Å²) in [5.41, 5.74) is 1.41. The molecule has 0 saturated heterocycles. The van der Waals surface area contributed by atoms with E-state index in [0.29, 0.717) is 0 Å². The molecule has 0 amide bonds. The van der Waals surface area contributed by atoms with Gasteiger partial charge in [0, 0.05) is 11.2 Å². The van der Waals surface area contributed by atoms with Crippen molar-refractivity contribution in [1.29, 1.82) is 0 Å². The first kappa shape index (κ1) is 12.0. The van der Waals surface area contributed by atoms with Crippen molar-refractivity contribution in [3.8, 4) is 0 Å². The van der Waals surface area contributed by atoms with Gasteiger partial charge in [-0.2, -0.15) is 0 Å². The summed E-state index contributed by atoms with van der Waals surface area (Å²) in [5, 5.41) is 6.24. The Labute approximate surface area is 104 Å². The molecule has 0 aliphatic carbocycles. The first-order chi connectivity index (χ1) is 8.17. The van der Waals surface area contributed by atoms with Gasteiger partial charge in [-0.3, -0.25) is 0 Å². The summed E-state index contributed by atoms with van der Waals surface area (Å²) in [6, 6.07) is 15.1. The zero-order valence-electron chi connectivity index (χ0n) is 11.0. The van der Waals surface area contributed by atoms with Crippen LogP contribution in [0.15, 0.2) is 42.5 Å². The minimum Gasteiger partial charge on any atom is -0.380 e. The first-order valence-electron chi connectivity index (χ1n) is 6.44. The number of anilines is 1. The van der Waals surface area contributed by atoms with Crippen molar-refractivity contribution in [2.45, 2.75) is 39.2 Å². The van der Waals surface area contributed by atoms with Gasteiger partial charge in [0.2, 0.25) is 0 Å². The molecule has 2 aromatic rings. The van der Waals surface area contributed by atoms with Crippen LogP contribution in [0.4, 0.5) is 5.69 Å². The van der Waals surface area contributed by atoms with Gasteiger partial charge in [-0.25, -0.2) is 0 Å². The van der Waals surface area contributed by atoms with Gasteiger partial charge in [-0.15, -0.1) is 0 Å². The summed E-state index contributed by atoms with van der Waals surface area (Å²) in [5.74, 6) is 0. The number of hydrogen-bond donors (Lipinski definition) is 1. The molecule has 0 aliphatic rings. The molecular weight excluding hydrogens is 206 g/mol. The molecule has 0 unspecified atom stereocenters. The maximum Gasteiger partial charge on any atom is 0.0350 e. The standard InChI is InChI=1S/C16H21N/c1-4-16(3,5-2)17-15-11-10-13-8-6-7-9-14(13)12-15/h6-12,17H,4-5H2,1-3H3. The maximum atomic E-state index is 3.65. The van der Waals surface area contributed by atoms with Gasteiger partial charge in [0.15, 0.2) is 0 Å². The molecule has 0 aromatic heterocycles. The van der Waals surface area contributed by atoms with Crippen molar-refractivity contribution in [2.24, 2.45) is 0 Å². The molecule has 1 N–H and O–H groups in total. The van der Waals surface area contributed by atoms with Gasteiger partial charge in [0.25, 0.3) is 0 Å². The van der Waals surface area contributed by atoms with Crippen molar-refractivity contribution in [3.05, 3.63) is 42.5 Å². The summed E-state index contributed by atoms with van der Waals surface area (Å²) in [6.45, 7) is 6.75. The highest BCUT2D eigenvalue weighted by Crippen LogP contribution is 2.24. The Kier molecular flexibility index (Phi) is 3.37. The van der Waals surface area contributed by atoms with Crippen LogP contribution in [0.25, 0.3) is 10.8 Å². The first-order valence-corrected chi connectivity index (χ1v) is 6.44. The van der Waals surface area contributed by atoms with E-state index in [4.69, 9.17) is 0 Å². The Morgan fingerprint density at radius 1 is 0.941 bits per heavy atom. The van der Waals surface area contributed by atoms with Crippen LogP contribution in [-0.4, -0.2) is 5.54 Å². The highest BCUT2D eigenvalue weighted by molar-refractivity contribution is 5.85. The Hall–Kier alpha value is -1.50. The minimum absolute atomic E-state index is 0.197. The lowest BCUT2D eigenvalue weighted by atomic mass is 9.95. The average Bonchev–Trinajstić information content (AvgIpc) is 2.38. The Bertz CT molecular complexity index is 498. The van der Waals surface area contributed by atoms with E-state index in [0.717, 1.165) is 12.8 Å². The van der Waals surface area contributed by atoms with Gasteiger partial charge in [-0.05, 0) is 42.7 Å². The average molecular weight is 227 g/mol. The molecular formula is C16H21N. The highest BCUT2D eigenvalue weighted by atomic mass is 15.0. The molecule has 0 fully saturated rings. The predicted octanol–water partition coefficient (Wildman–Crippen LogP) is 4.83. The monoisotopic (exact) mass is 227 g/mol. The largest absolute Gasteiger partial charge is 0.380 e. The number of rotatable bonds is 4. The van der Waals surface area contributed by atoms with Crippen molar-refractivity contribution in [2.75, 3.05) is 5.32 Å². The lowest BCUT2D eigenvalue weighted by Gasteiger charge is -2.29. The zero-order valence-corrected chi connectivity index (χ0v) is 11.0. The summed E-state index contributed by atoms with van der Waals surface area (Å²) in [4.78, 5) is 0. The molecule has 2 rings (SSSR count).